The third-order valence-electron chi connectivity index (χ3n) is 3.59. The topological polar surface area (TPSA) is 66.8 Å². The first-order valence-corrected chi connectivity index (χ1v) is 6.96. The van der Waals surface area contributed by atoms with Gasteiger partial charge in [-0.15, -0.1) is 0 Å². The molecule has 1 heterocycles. The summed E-state index contributed by atoms with van der Waals surface area (Å²) in [7, 11) is 1.55. The van der Waals surface area contributed by atoms with Crippen molar-refractivity contribution in [3.8, 4) is 0 Å². The van der Waals surface area contributed by atoms with E-state index in [2.05, 4.69) is 0 Å². The highest BCUT2D eigenvalue weighted by molar-refractivity contribution is 6.08. The molecule has 1 N–H and O–H groups in total. The first kappa shape index (κ1) is 16.2. The normalized spacial score (nSPS) is 18.2. The number of Topliss-reactive ketones (excluding diaryl/α,β-unsaturated/α-hetero) is 1. The van der Waals surface area contributed by atoms with Crippen LogP contribution in [-0.2, 0) is 14.3 Å². The minimum atomic E-state index is -0.766. The molecule has 6 heteroatoms. The zero-order valence-electron chi connectivity index (χ0n) is 12.5. The largest absolute Gasteiger partial charge is 0.503 e. The molecule has 0 saturated carbocycles. The second-order valence-corrected chi connectivity index (χ2v) is 5.12. The molecule has 22 heavy (non-hydrogen) atoms. The highest BCUT2D eigenvalue weighted by Gasteiger charge is 2.42. The minimum Gasteiger partial charge on any atom is -0.503 e. The molecule has 0 unspecified atom stereocenters. The van der Waals surface area contributed by atoms with Gasteiger partial charge in [0.15, 0.2) is 11.5 Å². The van der Waals surface area contributed by atoms with Gasteiger partial charge in [0.1, 0.15) is 5.82 Å². The Kier molecular flexibility index (Phi) is 4.92. The van der Waals surface area contributed by atoms with Gasteiger partial charge in [0.25, 0.3) is 5.91 Å². The average Bonchev–Trinajstić information content (AvgIpc) is 2.72. The average molecular weight is 307 g/mol. The highest BCUT2D eigenvalue weighted by Crippen LogP contribution is 2.37. The Labute approximate surface area is 128 Å². The van der Waals surface area contributed by atoms with E-state index in [1.165, 1.54) is 30.0 Å². The zero-order chi connectivity index (χ0) is 16.3. The third-order valence-corrected chi connectivity index (χ3v) is 3.59. The Hall–Kier alpha value is -2.21. The number of ketones is 1. The molecule has 0 spiro atoms. The molecule has 1 aliphatic rings. The standard InChI is InChI=1S/C16H18FNO4/c1-10(19)13-14(11-5-3-6-12(17)9-11)18(7-4-8-22-2)16(21)15(13)20/h3,5-6,9,14,20H,4,7-8H2,1-2H3/t14-/m0/s1. The molecule has 0 aliphatic carbocycles. The van der Waals surface area contributed by atoms with Crippen molar-refractivity contribution in [2.45, 2.75) is 19.4 Å². The molecule has 5 nitrogen and oxygen atoms in total. The fourth-order valence-corrected chi connectivity index (χ4v) is 2.65. The number of aliphatic hydroxyl groups excluding tert-OH is 1. The fourth-order valence-electron chi connectivity index (χ4n) is 2.65. The van der Waals surface area contributed by atoms with Crippen LogP contribution in [-0.4, -0.2) is 42.0 Å². The smallest absolute Gasteiger partial charge is 0.290 e. The van der Waals surface area contributed by atoms with Crippen LogP contribution in [0.5, 0.6) is 0 Å². The molecule has 1 amide bonds. The minimum absolute atomic E-state index is 0.00742. The molecule has 0 saturated heterocycles. The Morgan fingerprint density at radius 1 is 1.45 bits per heavy atom. The Morgan fingerprint density at radius 2 is 2.18 bits per heavy atom. The van der Waals surface area contributed by atoms with Crippen molar-refractivity contribution < 1.29 is 23.8 Å². The third kappa shape index (κ3) is 3.01. The van der Waals surface area contributed by atoms with Gasteiger partial charge in [0.05, 0.1) is 11.6 Å². The van der Waals surface area contributed by atoms with Crippen molar-refractivity contribution in [2.24, 2.45) is 0 Å². The Balaban J connectivity index is 2.41. The molecular formula is C16H18FNO4. The molecule has 118 valence electrons. The molecule has 0 radical (unpaired) electrons. The molecule has 0 bridgehead atoms. The van der Waals surface area contributed by atoms with Crippen LogP contribution in [0.25, 0.3) is 0 Å². The number of nitrogens with zero attached hydrogens (tertiary/aromatic N) is 1. The van der Waals surface area contributed by atoms with Crippen molar-refractivity contribution >= 4 is 11.7 Å². The molecule has 1 aliphatic heterocycles. The maximum absolute atomic E-state index is 13.5. The van der Waals surface area contributed by atoms with E-state index in [1.807, 2.05) is 0 Å². The summed E-state index contributed by atoms with van der Waals surface area (Å²) in [6.07, 6.45) is 0.548. The second kappa shape index (κ2) is 6.70. The van der Waals surface area contributed by atoms with Crippen LogP contribution in [0, 0.1) is 5.82 Å². The predicted molar refractivity (Wildman–Crippen MR) is 77.7 cm³/mol. The lowest BCUT2D eigenvalue weighted by atomic mass is 9.96. The lowest BCUT2D eigenvalue weighted by Gasteiger charge is -2.26. The van der Waals surface area contributed by atoms with E-state index in [9.17, 15) is 19.1 Å². The molecular weight excluding hydrogens is 289 g/mol. The number of hydrogen-bond donors (Lipinski definition) is 1. The molecule has 2 rings (SSSR count). The molecule has 1 aromatic rings. The van der Waals surface area contributed by atoms with Crippen LogP contribution in [0.3, 0.4) is 0 Å². The van der Waals surface area contributed by atoms with Gasteiger partial charge in [0, 0.05) is 20.3 Å². The van der Waals surface area contributed by atoms with Gasteiger partial charge in [-0.05, 0) is 31.0 Å². The van der Waals surface area contributed by atoms with Crippen LogP contribution < -0.4 is 0 Å². The number of halogens is 1. The number of methoxy groups -OCH3 is 1. The van der Waals surface area contributed by atoms with E-state index in [0.717, 1.165) is 0 Å². The van der Waals surface area contributed by atoms with Crippen molar-refractivity contribution in [3.05, 3.63) is 47.0 Å². The number of amides is 1. The number of benzene rings is 1. The lowest BCUT2D eigenvalue weighted by molar-refractivity contribution is -0.129. The first-order chi connectivity index (χ1) is 10.5. The zero-order valence-corrected chi connectivity index (χ0v) is 12.5. The van der Waals surface area contributed by atoms with E-state index in [4.69, 9.17) is 4.74 Å². The maximum Gasteiger partial charge on any atom is 0.290 e. The summed E-state index contributed by atoms with van der Waals surface area (Å²) >= 11 is 0. The van der Waals surface area contributed by atoms with Gasteiger partial charge >= 0.3 is 0 Å². The van der Waals surface area contributed by atoms with Gasteiger partial charge in [0.2, 0.25) is 0 Å². The van der Waals surface area contributed by atoms with Crippen molar-refractivity contribution in [3.63, 3.8) is 0 Å². The van der Waals surface area contributed by atoms with Crippen molar-refractivity contribution in [2.75, 3.05) is 20.3 Å². The highest BCUT2D eigenvalue weighted by atomic mass is 19.1. The van der Waals surface area contributed by atoms with Crippen LogP contribution in [0.2, 0.25) is 0 Å². The summed E-state index contributed by atoms with van der Waals surface area (Å²) in [6, 6.07) is 4.93. The van der Waals surface area contributed by atoms with E-state index >= 15 is 0 Å². The fraction of sp³-hybridized carbons (Fsp3) is 0.375. The summed E-state index contributed by atoms with van der Waals surface area (Å²) < 4.78 is 18.4. The Bertz CT molecular complexity index is 626. The van der Waals surface area contributed by atoms with E-state index in [-0.39, 0.29) is 5.57 Å². The lowest BCUT2D eigenvalue weighted by Crippen LogP contribution is -2.32. The quantitative estimate of drug-likeness (QED) is 0.818. The first-order valence-electron chi connectivity index (χ1n) is 6.96. The van der Waals surface area contributed by atoms with Crippen LogP contribution in [0.15, 0.2) is 35.6 Å². The van der Waals surface area contributed by atoms with Gasteiger partial charge in [-0.2, -0.15) is 0 Å². The number of carbonyl (C=O) groups excluding carboxylic acids is 2. The number of aliphatic hydroxyl groups is 1. The van der Waals surface area contributed by atoms with E-state index in [0.29, 0.717) is 25.1 Å². The van der Waals surface area contributed by atoms with Crippen LogP contribution >= 0.6 is 0 Å². The number of hydrogen-bond acceptors (Lipinski definition) is 4. The summed E-state index contributed by atoms with van der Waals surface area (Å²) in [5.74, 6) is -2.04. The molecule has 0 aromatic heterocycles. The SMILES string of the molecule is COCCCN1C(=O)C(O)=C(C(C)=O)[C@@H]1c1cccc(F)c1. The van der Waals surface area contributed by atoms with Crippen LogP contribution in [0.4, 0.5) is 4.39 Å². The van der Waals surface area contributed by atoms with Gasteiger partial charge in [-0.1, -0.05) is 12.1 Å². The number of carbonyl (C=O) groups is 2. The van der Waals surface area contributed by atoms with Crippen LogP contribution in [0.1, 0.15) is 24.9 Å². The predicted octanol–water partition coefficient (Wildman–Crippen LogP) is 2.15. The van der Waals surface area contributed by atoms with Crippen molar-refractivity contribution in [1.82, 2.24) is 4.90 Å². The molecule has 0 fully saturated rings. The maximum atomic E-state index is 13.5. The van der Waals surface area contributed by atoms with Crippen molar-refractivity contribution in [1.29, 1.82) is 0 Å². The summed E-state index contributed by atoms with van der Waals surface area (Å²) in [4.78, 5) is 25.4. The van der Waals surface area contributed by atoms with Gasteiger partial charge in [-0.3, -0.25) is 9.59 Å². The molecule has 1 aromatic carbocycles. The van der Waals surface area contributed by atoms with Gasteiger partial charge in [-0.25, -0.2) is 4.39 Å². The van der Waals surface area contributed by atoms with E-state index < -0.39 is 29.3 Å². The number of rotatable bonds is 6. The monoisotopic (exact) mass is 307 g/mol. The number of ether oxygens (including phenoxy) is 1. The second-order valence-electron chi connectivity index (χ2n) is 5.12. The summed E-state index contributed by atoms with van der Waals surface area (Å²) in [5, 5.41) is 10.00. The van der Waals surface area contributed by atoms with Gasteiger partial charge < -0.3 is 14.7 Å². The summed E-state index contributed by atoms with van der Waals surface area (Å²) in [5.41, 5.74) is 0.466. The molecule has 1 atom stereocenters. The summed E-state index contributed by atoms with van der Waals surface area (Å²) in [6.45, 7) is 2.02. The Morgan fingerprint density at radius 3 is 2.77 bits per heavy atom. The van der Waals surface area contributed by atoms with E-state index in [1.54, 1.807) is 13.2 Å².